The SMILES string of the molecule is Clc1ncc(CN(Cc2cncnc2)C2CCCNCC2)s1. The lowest BCUT2D eigenvalue weighted by Crippen LogP contribution is -2.35. The van der Waals surface area contributed by atoms with Crippen LogP contribution in [0.15, 0.2) is 24.9 Å². The van der Waals surface area contributed by atoms with Gasteiger partial charge < -0.3 is 5.32 Å². The first-order valence-electron chi connectivity index (χ1n) is 7.60. The van der Waals surface area contributed by atoms with Gasteiger partial charge in [-0.2, -0.15) is 0 Å². The molecule has 1 aliphatic rings. The molecule has 0 spiro atoms. The Morgan fingerprint density at radius 2 is 2.05 bits per heavy atom. The maximum absolute atomic E-state index is 5.97. The van der Waals surface area contributed by atoms with Crippen molar-refractivity contribution < 1.29 is 0 Å². The summed E-state index contributed by atoms with van der Waals surface area (Å²) in [5, 5.41) is 3.48. The molecule has 0 amide bonds. The van der Waals surface area contributed by atoms with Crippen LogP contribution < -0.4 is 5.32 Å². The van der Waals surface area contributed by atoms with Crippen LogP contribution in [-0.4, -0.2) is 39.0 Å². The van der Waals surface area contributed by atoms with Gasteiger partial charge in [0.15, 0.2) is 4.47 Å². The Morgan fingerprint density at radius 3 is 2.82 bits per heavy atom. The van der Waals surface area contributed by atoms with E-state index in [2.05, 4.69) is 25.2 Å². The number of hydrogen-bond acceptors (Lipinski definition) is 6. The molecule has 5 nitrogen and oxygen atoms in total. The Labute approximate surface area is 139 Å². The standard InChI is InChI=1S/C15H20ClN5S/c16-15-20-8-14(22-15)10-21(9-12-6-18-11-19-7-12)13-2-1-4-17-5-3-13/h6-8,11,13,17H,1-5,9-10H2. The molecule has 3 heterocycles. The van der Waals surface area contributed by atoms with Crippen LogP contribution in [0.1, 0.15) is 29.7 Å². The summed E-state index contributed by atoms with van der Waals surface area (Å²) in [6.45, 7) is 3.94. The highest BCUT2D eigenvalue weighted by molar-refractivity contribution is 7.15. The molecule has 2 aromatic heterocycles. The first-order valence-corrected chi connectivity index (χ1v) is 8.79. The van der Waals surface area contributed by atoms with Crippen molar-refractivity contribution in [3.8, 4) is 0 Å². The number of thiazole rings is 1. The van der Waals surface area contributed by atoms with Crippen molar-refractivity contribution in [2.75, 3.05) is 13.1 Å². The van der Waals surface area contributed by atoms with Crippen molar-refractivity contribution in [3.05, 3.63) is 39.8 Å². The van der Waals surface area contributed by atoms with Gasteiger partial charge in [0.2, 0.25) is 0 Å². The molecule has 3 rings (SSSR count). The summed E-state index contributed by atoms with van der Waals surface area (Å²) in [6, 6.07) is 0.566. The summed E-state index contributed by atoms with van der Waals surface area (Å²) in [4.78, 5) is 16.1. The largest absolute Gasteiger partial charge is 0.317 e. The zero-order valence-electron chi connectivity index (χ0n) is 12.4. The molecule has 1 fully saturated rings. The smallest absolute Gasteiger partial charge is 0.183 e. The van der Waals surface area contributed by atoms with E-state index >= 15 is 0 Å². The van der Waals surface area contributed by atoms with Crippen molar-refractivity contribution in [2.45, 2.75) is 38.4 Å². The summed E-state index contributed by atoms with van der Waals surface area (Å²) in [7, 11) is 0. The molecular weight excluding hydrogens is 318 g/mol. The number of halogens is 1. The number of aromatic nitrogens is 3. The van der Waals surface area contributed by atoms with E-state index in [1.54, 1.807) is 17.7 Å². The fraction of sp³-hybridized carbons (Fsp3) is 0.533. The van der Waals surface area contributed by atoms with Gasteiger partial charge in [0, 0.05) is 48.2 Å². The lowest BCUT2D eigenvalue weighted by atomic mass is 10.1. The minimum absolute atomic E-state index is 0.566. The molecule has 0 aromatic carbocycles. The summed E-state index contributed by atoms with van der Waals surface area (Å²) < 4.78 is 0.612. The van der Waals surface area contributed by atoms with Crippen LogP contribution >= 0.6 is 22.9 Å². The van der Waals surface area contributed by atoms with Gasteiger partial charge >= 0.3 is 0 Å². The summed E-state index contributed by atoms with van der Waals surface area (Å²) in [5.41, 5.74) is 1.15. The molecule has 1 saturated heterocycles. The maximum Gasteiger partial charge on any atom is 0.183 e. The molecule has 118 valence electrons. The third kappa shape index (κ3) is 4.46. The fourth-order valence-corrected chi connectivity index (χ4v) is 3.89. The third-order valence-corrected chi connectivity index (χ3v) is 5.05. The highest BCUT2D eigenvalue weighted by Crippen LogP contribution is 2.24. The van der Waals surface area contributed by atoms with E-state index in [1.165, 1.54) is 24.1 Å². The van der Waals surface area contributed by atoms with Gasteiger partial charge in [-0.15, -0.1) is 11.3 Å². The van der Waals surface area contributed by atoms with Crippen LogP contribution in [0.5, 0.6) is 0 Å². The first kappa shape index (κ1) is 15.8. The molecular formula is C15H20ClN5S. The number of hydrogen-bond donors (Lipinski definition) is 1. The Hall–Kier alpha value is -1.08. The van der Waals surface area contributed by atoms with E-state index in [-0.39, 0.29) is 0 Å². The molecule has 1 N–H and O–H groups in total. The van der Waals surface area contributed by atoms with Crippen molar-refractivity contribution in [2.24, 2.45) is 0 Å². The van der Waals surface area contributed by atoms with Crippen LogP contribution in [0.4, 0.5) is 0 Å². The average Bonchev–Trinajstić information content (AvgIpc) is 2.78. The van der Waals surface area contributed by atoms with Crippen LogP contribution in [0, 0.1) is 0 Å². The fourth-order valence-electron chi connectivity index (χ4n) is 2.88. The summed E-state index contributed by atoms with van der Waals surface area (Å²) in [5.74, 6) is 0. The number of rotatable bonds is 5. The molecule has 1 atom stereocenters. The van der Waals surface area contributed by atoms with Gasteiger partial charge in [-0.25, -0.2) is 15.0 Å². The highest BCUT2D eigenvalue weighted by atomic mass is 35.5. The summed E-state index contributed by atoms with van der Waals surface area (Å²) in [6.07, 6.45) is 10.9. The van der Waals surface area contributed by atoms with E-state index in [1.807, 2.05) is 18.6 Å². The van der Waals surface area contributed by atoms with Gasteiger partial charge in [-0.1, -0.05) is 11.6 Å². The lowest BCUT2D eigenvalue weighted by Gasteiger charge is -2.30. The molecule has 7 heteroatoms. The average molecular weight is 338 g/mol. The molecule has 22 heavy (non-hydrogen) atoms. The Morgan fingerprint density at radius 1 is 1.18 bits per heavy atom. The van der Waals surface area contributed by atoms with Gasteiger partial charge in [-0.3, -0.25) is 4.90 Å². The van der Waals surface area contributed by atoms with E-state index in [9.17, 15) is 0 Å². The highest BCUT2D eigenvalue weighted by Gasteiger charge is 2.21. The molecule has 0 bridgehead atoms. The zero-order valence-corrected chi connectivity index (χ0v) is 14.0. The Bertz CT molecular complexity index is 568. The van der Waals surface area contributed by atoms with Crippen LogP contribution in [-0.2, 0) is 13.1 Å². The topological polar surface area (TPSA) is 53.9 Å². The van der Waals surface area contributed by atoms with Gasteiger partial charge in [0.05, 0.1) is 0 Å². The zero-order chi connectivity index (χ0) is 15.2. The molecule has 2 aromatic rings. The first-order chi connectivity index (χ1) is 10.8. The van der Waals surface area contributed by atoms with Crippen molar-refractivity contribution in [3.63, 3.8) is 0 Å². The van der Waals surface area contributed by atoms with Crippen LogP contribution in [0.25, 0.3) is 0 Å². The molecule has 0 aliphatic carbocycles. The lowest BCUT2D eigenvalue weighted by molar-refractivity contribution is 0.165. The van der Waals surface area contributed by atoms with E-state index in [0.717, 1.165) is 31.7 Å². The quantitative estimate of drug-likeness (QED) is 0.909. The van der Waals surface area contributed by atoms with E-state index in [4.69, 9.17) is 11.6 Å². The third-order valence-electron chi connectivity index (χ3n) is 3.95. The molecule has 0 saturated carbocycles. The van der Waals surface area contributed by atoms with Gasteiger partial charge in [0.25, 0.3) is 0 Å². The maximum atomic E-state index is 5.97. The number of nitrogens with one attached hydrogen (secondary N) is 1. The predicted octanol–water partition coefficient (Wildman–Crippen LogP) is 2.73. The minimum atomic E-state index is 0.566. The second kappa shape index (κ2) is 7.97. The van der Waals surface area contributed by atoms with E-state index in [0.29, 0.717) is 10.5 Å². The van der Waals surface area contributed by atoms with Crippen LogP contribution in [0.3, 0.4) is 0 Å². The Balaban J connectivity index is 1.74. The van der Waals surface area contributed by atoms with Crippen molar-refractivity contribution in [1.82, 2.24) is 25.2 Å². The molecule has 1 aliphatic heterocycles. The number of nitrogens with zero attached hydrogens (tertiary/aromatic N) is 4. The second-order valence-corrected chi connectivity index (χ2v) is 7.26. The Kier molecular flexibility index (Phi) is 5.72. The predicted molar refractivity (Wildman–Crippen MR) is 88.9 cm³/mol. The second-order valence-electron chi connectivity index (χ2n) is 5.57. The van der Waals surface area contributed by atoms with Gasteiger partial charge in [-0.05, 0) is 32.4 Å². The normalized spacial score (nSPS) is 19.3. The van der Waals surface area contributed by atoms with Crippen molar-refractivity contribution >= 4 is 22.9 Å². The van der Waals surface area contributed by atoms with Gasteiger partial charge in [0.1, 0.15) is 6.33 Å². The van der Waals surface area contributed by atoms with E-state index < -0.39 is 0 Å². The van der Waals surface area contributed by atoms with Crippen molar-refractivity contribution in [1.29, 1.82) is 0 Å². The summed E-state index contributed by atoms with van der Waals surface area (Å²) >= 11 is 7.54. The minimum Gasteiger partial charge on any atom is -0.317 e. The molecule has 1 unspecified atom stereocenters. The monoisotopic (exact) mass is 337 g/mol. The van der Waals surface area contributed by atoms with Crippen LogP contribution in [0.2, 0.25) is 4.47 Å². The molecule has 0 radical (unpaired) electrons.